The molecule has 3 aliphatic rings. The first kappa shape index (κ1) is 23.6. The van der Waals surface area contributed by atoms with Gasteiger partial charge in [0.25, 0.3) is 5.56 Å². The average molecular weight is 487 g/mol. The first-order valence-electron chi connectivity index (χ1n) is 12.6. The van der Waals surface area contributed by atoms with Crippen LogP contribution in [0.5, 0.6) is 0 Å². The van der Waals surface area contributed by atoms with Crippen molar-refractivity contribution in [3.05, 3.63) is 51.9 Å². The van der Waals surface area contributed by atoms with Crippen molar-refractivity contribution in [2.45, 2.75) is 69.2 Å². The Kier molecular flexibility index (Phi) is 7.42. The molecule has 184 valence electrons. The number of hydrogen-bond donors (Lipinski definition) is 1. The Morgan fingerprint density at radius 2 is 1.82 bits per heavy atom. The fourth-order valence-corrected chi connectivity index (χ4v) is 5.80. The van der Waals surface area contributed by atoms with E-state index >= 15 is 0 Å². The summed E-state index contributed by atoms with van der Waals surface area (Å²) in [5, 5.41) is 8.04. The van der Waals surface area contributed by atoms with E-state index in [0.717, 1.165) is 38.7 Å². The van der Waals surface area contributed by atoms with E-state index < -0.39 is 0 Å². The number of benzene rings is 1. The Balaban J connectivity index is 1.22. The van der Waals surface area contributed by atoms with Crippen LogP contribution >= 0.6 is 11.6 Å². The molecule has 0 radical (unpaired) electrons. The predicted octanol–water partition coefficient (Wildman–Crippen LogP) is 4.51. The van der Waals surface area contributed by atoms with Crippen LogP contribution in [0.4, 0.5) is 11.4 Å². The van der Waals surface area contributed by atoms with Crippen molar-refractivity contribution in [2.24, 2.45) is 5.92 Å². The molecular formula is C26H35ClN4O3. The Morgan fingerprint density at radius 3 is 2.50 bits per heavy atom. The molecule has 0 bridgehead atoms. The van der Waals surface area contributed by atoms with Crippen LogP contribution in [0, 0.1) is 5.92 Å². The molecule has 2 aromatic rings. The van der Waals surface area contributed by atoms with Crippen molar-refractivity contribution >= 4 is 23.0 Å². The molecule has 7 nitrogen and oxygen atoms in total. The van der Waals surface area contributed by atoms with Gasteiger partial charge < -0.3 is 19.7 Å². The van der Waals surface area contributed by atoms with Crippen LogP contribution in [0.2, 0.25) is 5.02 Å². The normalized spacial score (nSPS) is 27.4. The van der Waals surface area contributed by atoms with Gasteiger partial charge in [0, 0.05) is 44.0 Å². The van der Waals surface area contributed by atoms with Crippen LogP contribution in [0.15, 0.2) is 41.3 Å². The Morgan fingerprint density at radius 1 is 1.12 bits per heavy atom. The highest BCUT2D eigenvalue weighted by Gasteiger charge is 2.36. The average Bonchev–Trinajstić information content (AvgIpc) is 3.72. The summed E-state index contributed by atoms with van der Waals surface area (Å²) in [6.07, 6.45) is 9.26. The molecule has 1 saturated heterocycles. The van der Waals surface area contributed by atoms with Gasteiger partial charge in [0.1, 0.15) is 5.02 Å². The zero-order valence-corrected chi connectivity index (χ0v) is 20.6. The lowest BCUT2D eigenvalue weighted by Gasteiger charge is -2.39. The van der Waals surface area contributed by atoms with E-state index in [1.807, 2.05) is 0 Å². The number of nitrogens with zero attached hydrogens (tertiary/aromatic N) is 3. The topological polar surface area (TPSA) is 68.6 Å². The zero-order chi connectivity index (χ0) is 23.5. The molecule has 3 fully saturated rings. The van der Waals surface area contributed by atoms with Crippen LogP contribution in [0.3, 0.4) is 0 Å². The lowest BCUT2D eigenvalue weighted by molar-refractivity contribution is -0.0512. The molecule has 2 atom stereocenters. The van der Waals surface area contributed by atoms with Gasteiger partial charge in [0.2, 0.25) is 0 Å². The number of hydrogen-bond acceptors (Lipinski definition) is 6. The number of methoxy groups -OCH3 is 1. The molecule has 2 heterocycles. The number of rotatable bonds is 8. The van der Waals surface area contributed by atoms with Gasteiger partial charge in [-0.2, -0.15) is 5.10 Å². The Hall–Kier alpha value is -2.09. The summed E-state index contributed by atoms with van der Waals surface area (Å²) in [4.78, 5) is 15.7. The summed E-state index contributed by atoms with van der Waals surface area (Å²) >= 11 is 6.51. The summed E-state index contributed by atoms with van der Waals surface area (Å²) in [7, 11) is 1.73. The van der Waals surface area contributed by atoms with E-state index in [1.54, 1.807) is 18.0 Å². The molecule has 5 rings (SSSR count). The third kappa shape index (κ3) is 5.11. The first-order valence-corrected chi connectivity index (χ1v) is 13.0. The fraction of sp³-hybridized carbons (Fsp3) is 0.615. The summed E-state index contributed by atoms with van der Waals surface area (Å²) in [5.41, 5.74) is 1.70. The van der Waals surface area contributed by atoms with Gasteiger partial charge >= 0.3 is 0 Å². The SMILES string of the molecule is CO[C@@H]1CCOC[C@@H]1CNc1cnn(C2CCC(N(c3ccccc3)C3CC3)CC2)c(=O)c1Cl. The maximum atomic E-state index is 13.1. The smallest absolute Gasteiger partial charge is 0.287 e. The summed E-state index contributed by atoms with van der Waals surface area (Å²) in [5.74, 6) is 0.214. The Labute approximate surface area is 206 Å². The van der Waals surface area contributed by atoms with Gasteiger partial charge in [0.15, 0.2) is 0 Å². The summed E-state index contributed by atoms with van der Waals surface area (Å²) < 4.78 is 12.8. The van der Waals surface area contributed by atoms with Crippen molar-refractivity contribution in [2.75, 3.05) is 37.1 Å². The highest BCUT2D eigenvalue weighted by Crippen LogP contribution is 2.39. The minimum absolute atomic E-state index is 0.0942. The number of nitrogens with one attached hydrogen (secondary N) is 1. The number of anilines is 2. The number of para-hydroxylation sites is 1. The lowest BCUT2D eigenvalue weighted by Crippen LogP contribution is -2.41. The van der Waals surface area contributed by atoms with Gasteiger partial charge in [-0.3, -0.25) is 4.79 Å². The van der Waals surface area contributed by atoms with E-state index in [-0.39, 0.29) is 28.6 Å². The first-order chi connectivity index (χ1) is 16.7. The maximum absolute atomic E-state index is 13.1. The van der Waals surface area contributed by atoms with Gasteiger partial charge in [-0.05, 0) is 57.1 Å². The second-order valence-electron chi connectivity index (χ2n) is 9.84. The maximum Gasteiger partial charge on any atom is 0.287 e. The van der Waals surface area contributed by atoms with Crippen molar-refractivity contribution < 1.29 is 9.47 Å². The van der Waals surface area contributed by atoms with Crippen LogP contribution in [-0.2, 0) is 9.47 Å². The fourth-order valence-electron chi connectivity index (χ4n) is 5.60. The van der Waals surface area contributed by atoms with E-state index in [9.17, 15) is 4.79 Å². The molecule has 2 aliphatic carbocycles. The number of aromatic nitrogens is 2. The van der Waals surface area contributed by atoms with Crippen molar-refractivity contribution in [1.29, 1.82) is 0 Å². The highest BCUT2D eigenvalue weighted by molar-refractivity contribution is 6.32. The van der Waals surface area contributed by atoms with Crippen LogP contribution in [0.1, 0.15) is 51.0 Å². The monoisotopic (exact) mass is 486 g/mol. The van der Waals surface area contributed by atoms with Crippen molar-refractivity contribution in [1.82, 2.24) is 9.78 Å². The minimum atomic E-state index is -0.208. The molecule has 0 amide bonds. The third-order valence-electron chi connectivity index (χ3n) is 7.61. The lowest BCUT2D eigenvalue weighted by atomic mass is 9.89. The van der Waals surface area contributed by atoms with Gasteiger partial charge in [0.05, 0.1) is 30.6 Å². The number of halogens is 1. The van der Waals surface area contributed by atoms with Gasteiger partial charge in [-0.25, -0.2) is 4.68 Å². The summed E-state index contributed by atoms with van der Waals surface area (Å²) in [6.45, 7) is 1.99. The molecule has 1 aliphatic heterocycles. The standard InChI is InChI=1S/C26H35ClN4O3/c1-33-24-13-14-34-17-18(24)15-28-23-16-29-31(26(32)25(23)27)22-11-9-21(10-12-22)30(20-7-8-20)19-5-3-2-4-6-19/h2-6,16,18,20-22,24,28H,7-15,17H2,1H3/t18-,21?,22?,24+/m0/s1. The van der Waals surface area contributed by atoms with Crippen LogP contribution in [0.25, 0.3) is 0 Å². The molecule has 1 aromatic carbocycles. The highest BCUT2D eigenvalue weighted by atomic mass is 35.5. The predicted molar refractivity (Wildman–Crippen MR) is 135 cm³/mol. The Bertz CT molecular complexity index is 1000. The van der Waals surface area contributed by atoms with Gasteiger partial charge in [-0.15, -0.1) is 0 Å². The van der Waals surface area contributed by atoms with Crippen LogP contribution < -0.4 is 15.8 Å². The quantitative estimate of drug-likeness (QED) is 0.592. The van der Waals surface area contributed by atoms with E-state index in [0.29, 0.717) is 30.9 Å². The molecule has 1 N–H and O–H groups in total. The third-order valence-corrected chi connectivity index (χ3v) is 7.97. The van der Waals surface area contributed by atoms with Crippen LogP contribution in [-0.4, -0.2) is 54.8 Å². The largest absolute Gasteiger partial charge is 0.382 e. The molecule has 0 unspecified atom stereocenters. The number of ether oxygens (including phenoxy) is 2. The molecule has 1 aromatic heterocycles. The second-order valence-corrected chi connectivity index (χ2v) is 10.2. The van der Waals surface area contributed by atoms with E-state index in [4.69, 9.17) is 21.1 Å². The van der Waals surface area contributed by atoms with E-state index in [1.165, 1.54) is 18.5 Å². The van der Waals surface area contributed by atoms with Crippen molar-refractivity contribution in [3.63, 3.8) is 0 Å². The zero-order valence-electron chi connectivity index (χ0n) is 19.9. The van der Waals surface area contributed by atoms with Crippen molar-refractivity contribution in [3.8, 4) is 0 Å². The second kappa shape index (κ2) is 10.7. The summed E-state index contributed by atoms with van der Waals surface area (Å²) in [6, 6.07) is 12.0. The molecular weight excluding hydrogens is 452 g/mol. The van der Waals surface area contributed by atoms with Gasteiger partial charge in [-0.1, -0.05) is 29.8 Å². The molecule has 0 spiro atoms. The molecule has 34 heavy (non-hydrogen) atoms. The minimum Gasteiger partial charge on any atom is -0.382 e. The van der Waals surface area contributed by atoms with E-state index in [2.05, 4.69) is 45.6 Å². The molecule has 2 saturated carbocycles. The molecule has 8 heteroatoms.